The first-order valence-electron chi connectivity index (χ1n) is 13.1. The molecule has 2 aromatic carbocycles. The molecule has 0 saturated heterocycles. The minimum absolute atomic E-state index is 0.114. The molecule has 7 heteroatoms. The van der Waals surface area contributed by atoms with Crippen LogP contribution in [0.15, 0.2) is 36.4 Å². The van der Waals surface area contributed by atoms with Crippen molar-refractivity contribution in [2.24, 2.45) is 0 Å². The third-order valence-corrected chi connectivity index (χ3v) is 7.18. The molecule has 1 amide bonds. The van der Waals surface area contributed by atoms with Crippen molar-refractivity contribution in [3.63, 3.8) is 0 Å². The maximum Gasteiger partial charge on any atom is 0.419 e. The van der Waals surface area contributed by atoms with Crippen LogP contribution in [0, 0.1) is 0 Å². The van der Waals surface area contributed by atoms with Gasteiger partial charge in [0, 0.05) is 30.1 Å². The standard InChI is InChI=1S/C30H40N4O3/c1-9-33(10-2)18-20-11-12-25-22(13-20)16-26(34(25)29(36)37-30(4,5)6)24-15-21(19(3)32(7)8)14-23-17-31-28(35)27(23)24/h11-16,19H,9-10,17-18H2,1-8H3,(H,31,35). The molecule has 1 unspecified atom stereocenters. The lowest BCUT2D eigenvalue weighted by molar-refractivity contribution is 0.0547. The summed E-state index contributed by atoms with van der Waals surface area (Å²) in [7, 11) is 4.08. The van der Waals surface area contributed by atoms with Gasteiger partial charge in [-0.15, -0.1) is 0 Å². The van der Waals surface area contributed by atoms with Crippen molar-refractivity contribution in [3.05, 3.63) is 58.7 Å². The Morgan fingerprint density at radius 1 is 1.11 bits per heavy atom. The summed E-state index contributed by atoms with van der Waals surface area (Å²) in [6, 6.07) is 12.5. The molecule has 0 radical (unpaired) electrons. The minimum Gasteiger partial charge on any atom is -0.443 e. The number of nitrogens with zero attached hydrogens (tertiary/aromatic N) is 3. The molecule has 0 saturated carbocycles. The van der Waals surface area contributed by atoms with Gasteiger partial charge in [0.15, 0.2) is 0 Å². The number of carbonyl (C=O) groups is 2. The van der Waals surface area contributed by atoms with E-state index in [1.807, 2.05) is 47.0 Å². The van der Waals surface area contributed by atoms with Crippen LogP contribution < -0.4 is 5.32 Å². The lowest BCUT2D eigenvalue weighted by Crippen LogP contribution is -2.27. The summed E-state index contributed by atoms with van der Waals surface area (Å²) >= 11 is 0. The van der Waals surface area contributed by atoms with E-state index in [1.165, 1.54) is 5.56 Å². The number of benzene rings is 2. The summed E-state index contributed by atoms with van der Waals surface area (Å²) < 4.78 is 7.48. The fourth-order valence-electron chi connectivity index (χ4n) is 4.91. The van der Waals surface area contributed by atoms with Crippen LogP contribution in [0.1, 0.15) is 74.6 Å². The monoisotopic (exact) mass is 504 g/mol. The lowest BCUT2D eigenvalue weighted by Gasteiger charge is -2.23. The number of fused-ring (bicyclic) bond motifs is 2. The van der Waals surface area contributed by atoms with Gasteiger partial charge < -0.3 is 15.0 Å². The lowest BCUT2D eigenvalue weighted by atomic mass is 9.94. The summed E-state index contributed by atoms with van der Waals surface area (Å²) in [6.45, 7) is 15.3. The summed E-state index contributed by atoms with van der Waals surface area (Å²) in [5.41, 5.74) is 5.40. The first kappa shape index (κ1) is 26.9. The van der Waals surface area contributed by atoms with E-state index in [-0.39, 0.29) is 11.9 Å². The number of amides is 1. The van der Waals surface area contributed by atoms with Crippen LogP contribution in [-0.2, 0) is 17.8 Å². The Bertz CT molecular complexity index is 1330. The van der Waals surface area contributed by atoms with Gasteiger partial charge in [-0.1, -0.05) is 26.0 Å². The second-order valence-electron chi connectivity index (χ2n) is 11.1. The van der Waals surface area contributed by atoms with Crippen molar-refractivity contribution in [2.75, 3.05) is 27.2 Å². The molecule has 7 nitrogen and oxygen atoms in total. The summed E-state index contributed by atoms with van der Waals surface area (Å²) in [5, 5.41) is 3.92. The Labute approximate surface area is 220 Å². The molecule has 1 atom stereocenters. The Hall–Kier alpha value is -3.16. The number of ether oxygens (including phenoxy) is 1. The minimum atomic E-state index is -0.658. The highest BCUT2D eigenvalue weighted by Crippen LogP contribution is 2.37. The Morgan fingerprint density at radius 2 is 1.81 bits per heavy atom. The topological polar surface area (TPSA) is 66.8 Å². The van der Waals surface area contributed by atoms with Gasteiger partial charge in [-0.05, 0) is 95.8 Å². The van der Waals surface area contributed by atoms with Crippen LogP contribution >= 0.6 is 0 Å². The molecule has 0 spiro atoms. The SMILES string of the molecule is CCN(CC)Cc1ccc2c(c1)cc(-c1cc(C(C)N(C)C)cc3c1C(=O)NC3)n2C(=O)OC(C)(C)C. The van der Waals surface area contributed by atoms with Gasteiger partial charge >= 0.3 is 6.09 Å². The fraction of sp³-hybridized carbons (Fsp3) is 0.467. The zero-order chi connectivity index (χ0) is 27.1. The first-order chi connectivity index (χ1) is 17.4. The highest BCUT2D eigenvalue weighted by Gasteiger charge is 2.30. The highest BCUT2D eigenvalue weighted by atomic mass is 16.6. The normalized spacial score (nSPS) is 14.4. The number of rotatable bonds is 7. The average molecular weight is 505 g/mol. The van der Waals surface area contributed by atoms with Gasteiger partial charge in [0.25, 0.3) is 5.91 Å². The van der Waals surface area contributed by atoms with Crippen molar-refractivity contribution in [2.45, 2.75) is 66.3 Å². The number of carbonyl (C=O) groups excluding carboxylic acids is 2. The maximum atomic E-state index is 13.6. The fourth-order valence-corrected chi connectivity index (χ4v) is 4.91. The van der Waals surface area contributed by atoms with Crippen molar-refractivity contribution < 1.29 is 14.3 Å². The van der Waals surface area contributed by atoms with Crippen molar-refractivity contribution >= 4 is 22.9 Å². The zero-order valence-electron chi connectivity index (χ0n) is 23.4. The number of hydrogen-bond donors (Lipinski definition) is 1. The van der Waals surface area contributed by atoms with Crippen LogP contribution in [0.4, 0.5) is 4.79 Å². The number of nitrogens with one attached hydrogen (secondary N) is 1. The molecule has 1 aliphatic rings. The van der Waals surface area contributed by atoms with E-state index >= 15 is 0 Å². The van der Waals surface area contributed by atoms with Crippen LogP contribution in [-0.4, -0.2) is 59.2 Å². The molecule has 2 heterocycles. The predicted octanol–water partition coefficient (Wildman–Crippen LogP) is 5.80. The third kappa shape index (κ3) is 5.43. The Kier molecular flexibility index (Phi) is 7.49. The van der Waals surface area contributed by atoms with E-state index in [0.29, 0.717) is 17.8 Å². The van der Waals surface area contributed by atoms with Crippen LogP contribution in [0.25, 0.3) is 22.2 Å². The van der Waals surface area contributed by atoms with E-state index in [9.17, 15) is 9.59 Å². The second-order valence-corrected chi connectivity index (χ2v) is 11.1. The van der Waals surface area contributed by atoms with Gasteiger partial charge in [0.1, 0.15) is 5.60 Å². The first-order valence-corrected chi connectivity index (χ1v) is 13.1. The predicted molar refractivity (Wildman–Crippen MR) is 149 cm³/mol. The molecular formula is C30H40N4O3. The Balaban J connectivity index is 1.96. The van der Waals surface area contributed by atoms with Gasteiger partial charge in [-0.25, -0.2) is 9.36 Å². The maximum absolute atomic E-state index is 13.6. The molecule has 3 aromatic rings. The van der Waals surface area contributed by atoms with Gasteiger partial charge in [-0.2, -0.15) is 0 Å². The van der Waals surface area contributed by atoms with E-state index in [4.69, 9.17) is 4.74 Å². The number of hydrogen-bond acceptors (Lipinski definition) is 5. The van der Waals surface area contributed by atoms with Gasteiger partial charge in [0.05, 0.1) is 16.8 Å². The Morgan fingerprint density at radius 3 is 2.43 bits per heavy atom. The van der Waals surface area contributed by atoms with E-state index in [1.54, 1.807) is 4.57 Å². The highest BCUT2D eigenvalue weighted by molar-refractivity contribution is 6.07. The molecule has 37 heavy (non-hydrogen) atoms. The largest absolute Gasteiger partial charge is 0.443 e. The average Bonchev–Trinajstić information content (AvgIpc) is 3.40. The third-order valence-electron chi connectivity index (χ3n) is 7.18. The molecule has 0 aliphatic carbocycles. The van der Waals surface area contributed by atoms with E-state index < -0.39 is 11.7 Å². The van der Waals surface area contributed by atoms with Crippen molar-refractivity contribution in [1.29, 1.82) is 0 Å². The van der Waals surface area contributed by atoms with E-state index in [0.717, 1.165) is 47.2 Å². The molecule has 1 aromatic heterocycles. The molecule has 0 fully saturated rings. The molecule has 1 aliphatic heterocycles. The van der Waals surface area contributed by atoms with Crippen LogP contribution in [0.2, 0.25) is 0 Å². The van der Waals surface area contributed by atoms with Gasteiger partial charge in [0.2, 0.25) is 0 Å². The second kappa shape index (κ2) is 10.3. The van der Waals surface area contributed by atoms with Crippen LogP contribution in [0.5, 0.6) is 0 Å². The zero-order valence-corrected chi connectivity index (χ0v) is 23.4. The summed E-state index contributed by atoms with van der Waals surface area (Å²) in [6.07, 6.45) is -0.452. The molecular weight excluding hydrogens is 464 g/mol. The molecule has 1 N–H and O–H groups in total. The summed E-state index contributed by atoms with van der Waals surface area (Å²) in [5.74, 6) is -0.114. The van der Waals surface area contributed by atoms with Gasteiger partial charge in [-0.3, -0.25) is 9.69 Å². The summed E-state index contributed by atoms with van der Waals surface area (Å²) in [4.78, 5) is 31.1. The van der Waals surface area contributed by atoms with E-state index in [2.05, 4.69) is 60.2 Å². The van der Waals surface area contributed by atoms with Crippen LogP contribution in [0.3, 0.4) is 0 Å². The molecule has 198 valence electrons. The number of aromatic nitrogens is 1. The molecule has 4 rings (SSSR count). The van der Waals surface area contributed by atoms with Crippen molar-refractivity contribution in [3.8, 4) is 11.3 Å². The quantitative estimate of drug-likeness (QED) is 0.441. The smallest absolute Gasteiger partial charge is 0.419 e. The molecule has 0 bridgehead atoms. The van der Waals surface area contributed by atoms with Crippen molar-refractivity contribution in [1.82, 2.24) is 19.7 Å².